The fourth-order valence-electron chi connectivity index (χ4n) is 4.79. The number of benzene rings is 2. The lowest BCUT2D eigenvalue weighted by molar-refractivity contribution is 0.0732. The highest BCUT2D eigenvalue weighted by Crippen LogP contribution is 2.50. The van der Waals surface area contributed by atoms with Crippen LogP contribution in [0.4, 0.5) is 0 Å². The van der Waals surface area contributed by atoms with Crippen LogP contribution in [0.3, 0.4) is 0 Å². The molecule has 0 bridgehead atoms. The summed E-state index contributed by atoms with van der Waals surface area (Å²) in [7, 11) is -2.04. The Kier molecular flexibility index (Phi) is 6.44. The first-order valence-electron chi connectivity index (χ1n) is 10.3. The van der Waals surface area contributed by atoms with E-state index in [-0.39, 0.29) is 24.1 Å². The molecule has 2 aliphatic rings. The van der Waals surface area contributed by atoms with E-state index >= 15 is 0 Å². The van der Waals surface area contributed by atoms with E-state index in [4.69, 9.17) is 9.47 Å². The molecule has 4 rings (SSSR count). The summed E-state index contributed by atoms with van der Waals surface area (Å²) in [5.41, 5.74) is 2.04. The lowest BCUT2D eigenvalue weighted by Gasteiger charge is -2.32. The van der Waals surface area contributed by atoms with Crippen molar-refractivity contribution >= 4 is 21.8 Å². The van der Waals surface area contributed by atoms with Gasteiger partial charge in [-0.1, -0.05) is 29.8 Å². The maximum absolute atomic E-state index is 13.9. The summed E-state index contributed by atoms with van der Waals surface area (Å²) in [6, 6.07) is 14.6. The average molecular weight is 448 g/mol. The van der Waals surface area contributed by atoms with Crippen molar-refractivity contribution in [2.45, 2.75) is 42.8 Å². The Labute approximate surface area is 183 Å². The van der Waals surface area contributed by atoms with E-state index in [1.165, 1.54) is 0 Å². The van der Waals surface area contributed by atoms with Crippen LogP contribution < -0.4 is 4.74 Å². The number of hydrogen-bond acceptors (Lipinski definition) is 5. The van der Waals surface area contributed by atoms with Gasteiger partial charge in [0.15, 0.2) is 0 Å². The minimum Gasteiger partial charge on any atom is -0.497 e. The highest BCUT2D eigenvalue weighted by molar-refractivity contribution is 7.98. The minimum atomic E-state index is -3.68. The van der Waals surface area contributed by atoms with Gasteiger partial charge in [-0.2, -0.15) is 16.1 Å². The van der Waals surface area contributed by atoms with Crippen LogP contribution in [0.15, 0.2) is 53.4 Å². The van der Waals surface area contributed by atoms with Crippen LogP contribution in [0.25, 0.3) is 0 Å². The predicted molar refractivity (Wildman–Crippen MR) is 121 cm³/mol. The Morgan fingerprint density at radius 3 is 2.47 bits per heavy atom. The summed E-state index contributed by atoms with van der Waals surface area (Å²) in [5.74, 6) is 1.82. The molecular weight excluding hydrogens is 418 g/mol. The van der Waals surface area contributed by atoms with Crippen molar-refractivity contribution in [2.24, 2.45) is 5.92 Å². The molecule has 2 heterocycles. The Morgan fingerprint density at radius 2 is 1.83 bits per heavy atom. The maximum atomic E-state index is 13.9. The Morgan fingerprint density at radius 1 is 1.13 bits per heavy atom. The fraction of sp³-hybridized carbons (Fsp3) is 0.478. The number of thioether (sulfide) groups is 1. The molecule has 0 spiro atoms. The summed E-state index contributed by atoms with van der Waals surface area (Å²) >= 11 is 1.74. The number of rotatable bonds is 7. The molecule has 5 nitrogen and oxygen atoms in total. The van der Waals surface area contributed by atoms with Gasteiger partial charge in [0.2, 0.25) is 10.0 Å². The molecule has 0 N–H and O–H groups in total. The van der Waals surface area contributed by atoms with Crippen molar-refractivity contribution in [3.05, 3.63) is 59.7 Å². The first kappa shape index (κ1) is 21.7. The van der Waals surface area contributed by atoms with Crippen LogP contribution >= 0.6 is 11.8 Å². The number of ether oxygens (including phenoxy) is 2. The lowest BCUT2D eigenvalue weighted by atomic mass is 9.90. The summed E-state index contributed by atoms with van der Waals surface area (Å²) in [5, 5.41) is 0. The van der Waals surface area contributed by atoms with Gasteiger partial charge in [-0.25, -0.2) is 8.42 Å². The SMILES string of the molecule is COc1ccc([C@@H]2[C@H]3CCO[C@H]3[C@H](CCSC)N2S(=O)(=O)c2ccc(C)cc2)cc1. The number of aryl methyl sites for hydroxylation is 1. The number of sulfonamides is 1. The largest absolute Gasteiger partial charge is 0.497 e. The lowest BCUT2D eigenvalue weighted by Crippen LogP contribution is -2.41. The van der Waals surface area contributed by atoms with Crippen LogP contribution in [0.2, 0.25) is 0 Å². The van der Waals surface area contributed by atoms with Gasteiger partial charge < -0.3 is 9.47 Å². The third-order valence-corrected chi connectivity index (χ3v) is 8.81. The van der Waals surface area contributed by atoms with Gasteiger partial charge in [0.05, 0.1) is 30.2 Å². The van der Waals surface area contributed by atoms with Crippen molar-refractivity contribution in [3.63, 3.8) is 0 Å². The van der Waals surface area contributed by atoms with Gasteiger partial charge in [-0.05, 0) is 61.6 Å². The summed E-state index contributed by atoms with van der Waals surface area (Å²) in [4.78, 5) is 0.348. The summed E-state index contributed by atoms with van der Waals surface area (Å²) in [6.07, 6.45) is 3.64. The van der Waals surface area contributed by atoms with Crippen molar-refractivity contribution in [1.82, 2.24) is 4.31 Å². The molecule has 30 heavy (non-hydrogen) atoms. The van der Waals surface area contributed by atoms with Gasteiger partial charge in [-0.3, -0.25) is 0 Å². The minimum absolute atomic E-state index is 0.0653. The van der Waals surface area contributed by atoms with E-state index in [0.29, 0.717) is 11.5 Å². The monoisotopic (exact) mass is 447 g/mol. The third kappa shape index (κ3) is 3.88. The maximum Gasteiger partial charge on any atom is 0.243 e. The third-order valence-electron chi connectivity index (χ3n) is 6.24. The van der Waals surface area contributed by atoms with Gasteiger partial charge in [-0.15, -0.1) is 0 Å². The van der Waals surface area contributed by atoms with Crippen molar-refractivity contribution < 1.29 is 17.9 Å². The van der Waals surface area contributed by atoms with Gasteiger partial charge >= 0.3 is 0 Å². The van der Waals surface area contributed by atoms with Crippen LogP contribution in [-0.2, 0) is 14.8 Å². The highest BCUT2D eigenvalue weighted by Gasteiger charge is 2.56. The van der Waals surface area contributed by atoms with Gasteiger partial charge in [0.25, 0.3) is 0 Å². The van der Waals surface area contributed by atoms with Crippen LogP contribution in [-0.4, -0.2) is 50.6 Å². The normalized spacial score (nSPS) is 26.6. The average Bonchev–Trinajstić information content (AvgIpc) is 3.34. The number of fused-ring (bicyclic) bond motifs is 1. The molecule has 0 unspecified atom stereocenters. The van der Waals surface area contributed by atoms with Gasteiger partial charge in [0.1, 0.15) is 5.75 Å². The van der Waals surface area contributed by atoms with Crippen LogP contribution in [0, 0.1) is 12.8 Å². The molecule has 2 saturated heterocycles. The molecule has 2 fully saturated rings. The standard InChI is InChI=1S/C23H29NO4S2/c1-16-4-10-19(11-5-16)30(25,26)24-21(13-15-29-3)23-20(12-14-28-23)22(24)17-6-8-18(27-2)9-7-17/h4-11,20-23H,12-15H2,1-3H3/t20-,21+,22-,23-/m1/s1. The Balaban J connectivity index is 1.81. The molecule has 2 aliphatic heterocycles. The van der Waals surface area contributed by atoms with E-state index < -0.39 is 10.0 Å². The molecule has 2 aromatic carbocycles. The number of methoxy groups -OCH3 is 1. The van der Waals surface area contributed by atoms with Crippen molar-refractivity contribution in [1.29, 1.82) is 0 Å². The summed E-state index contributed by atoms with van der Waals surface area (Å²) < 4.78 is 41.0. The Hall–Kier alpha value is -1.54. The molecule has 0 aliphatic carbocycles. The quantitative estimate of drug-likeness (QED) is 0.634. The molecule has 2 aromatic rings. The number of hydrogen-bond donors (Lipinski definition) is 0. The van der Waals surface area contributed by atoms with Crippen molar-refractivity contribution in [2.75, 3.05) is 25.7 Å². The zero-order valence-electron chi connectivity index (χ0n) is 17.7. The van der Waals surface area contributed by atoms with Crippen LogP contribution in [0.1, 0.15) is 30.0 Å². The number of nitrogens with zero attached hydrogens (tertiary/aromatic N) is 1. The molecular formula is C23H29NO4S2. The van der Waals surface area contributed by atoms with E-state index in [1.54, 1.807) is 35.3 Å². The molecule has 0 saturated carbocycles. The van der Waals surface area contributed by atoms with Gasteiger partial charge in [0, 0.05) is 12.5 Å². The molecule has 0 aromatic heterocycles. The second-order valence-corrected chi connectivity index (χ2v) is 10.8. The predicted octanol–water partition coefficient (Wildman–Crippen LogP) is 4.28. The zero-order chi connectivity index (χ0) is 21.3. The highest BCUT2D eigenvalue weighted by atomic mass is 32.2. The molecule has 0 amide bonds. The molecule has 4 atom stereocenters. The Bertz CT molecular complexity index is 960. The summed E-state index contributed by atoms with van der Waals surface area (Å²) in [6.45, 7) is 2.65. The second kappa shape index (κ2) is 8.91. The smallest absolute Gasteiger partial charge is 0.243 e. The van der Waals surface area contributed by atoms with E-state index in [1.807, 2.05) is 43.3 Å². The van der Waals surface area contributed by atoms with Crippen LogP contribution in [0.5, 0.6) is 5.75 Å². The zero-order valence-corrected chi connectivity index (χ0v) is 19.3. The van der Waals surface area contributed by atoms with Crippen molar-refractivity contribution in [3.8, 4) is 5.75 Å². The first-order valence-corrected chi connectivity index (χ1v) is 13.2. The topological polar surface area (TPSA) is 55.8 Å². The second-order valence-electron chi connectivity index (χ2n) is 8.00. The molecule has 162 valence electrons. The molecule has 7 heteroatoms. The molecule has 0 radical (unpaired) electrons. The first-order chi connectivity index (χ1) is 14.5. The van der Waals surface area contributed by atoms with E-state index in [0.717, 1.165) is 35.5 Å². The van der Waals surface area contributed by atoms with E-state index in [9.17, 15) is 8.42 Å². The van der Waals surface area contributed by atoms with E-state index in [2.05, 4.69) is 6.26 Å². The fourth-order valence-corrected chi connectivity index (χ4v) is 7.15.